The van der Waals surface area contributed by atoms with Crippen LogP contribution >= 0.6 is 0 Å². The molecule has 1 atom stereocenters. The van der Waals surface area contributed by atoms with Gasteiger partial charge in [0.25, 0.3) is 0 Å². The van der Waals surface area contributed by atoms with Gasteiger partial charge in [0.15, 0.2) is 0 Å². The first-order valence-corrected chi connectivity index (χ1v) is 7.01. The summed E-state index contributed by atoms with van der Waals surface area (Å²) in [5.41, 5.74) is 6.82. The fourth-order valence-electron chi connectivity index (χ4n) is 2.24. The molecule has 20 heavy (non-hydrogen) atoms. The normalized spacial score (nSPS) is 19.8. The Morgan fingerprint density at radius 1 is 1.65 bits per heavy atom. The number of nitrogens with one attached hydrogen (secondary N) is 1. The van der Waals surface area contributed by atoms with Crippen LogP contribution in [0.15, 0.2) is 18.3 Å². The lowest BCUT2D eigenvalue weighted by atomic mass is 10.1. The monoisotopic (exact) mass is 278 g/mol. The first-order chi connectivity index (χ1) is 9.72. The van der Waals surface area contributed by atoms with E-state index in [4.69, 9.17) is 10.5 Å². The van der Waals surface area contributed by atoms with Crippen molar-refractivity contribution in [3.8, 4) is 0 Å². The first kappa shape index (κ1) is 14.7. The van der Waals surface area contributed by atoms with Gasteiger partial charge in [-0.05, 0) is 12.5 Å². The number of aromatic nitrogens is 1. The van der Waals surface area contributed by atoms with Crippen molar-refractivity contribution < 1.29 is 9.53 Å². The summed E-state index contributed by atoms with van der Waals surface area (Å²) < 4.78 is 5.43. The Bertz CT molecular complexity index is 453. The minimum absolute atomic E-state index is 0.0222. The molecular weight excluding hydrogens is 256 g/mol. The molecule has 0 spiro atoms. The SMILES string of the molecule is CCCNC(=O)C1COCCN1Cc1cccnc1N. The minimum Gasteiger partial charge on any atom is -0.383 e. The fraction of sp³-hybridized carbons (Fsp3) is 0.571. The molecule has 6 nitrogen and oxygen atoms in total. The quantitative estimate of drug-likeness (QED) is 0.814. The number of nitrogens with zero attached hydrogens (tertiary/aromatic N) is 2. The summed E-state index contributed by atoms with van der Waals surface area (Å²) in [6.07, 6.45) is 2.60. The molecule has 6 heteroatoms. The van der Waals surface area contributed by atoms with Crippen LogP contribution in [-0.2, 0) is 16.1 Å². The molecule has 1 fully saturated rings. The standard InChI is InChI=1S/C14H22N4O2/c1-2-5-17-14(19)12-10-20-8-7-18(12)9-11-4-3-6-16-13(11)15/h3-4,6,12H,2,5,7-10H2,1H3,(H2,15,16)(H,17,19). The molecule has 0 bridgehead atoms. The number of pyridine rings is 1. The topological polar surface area (TPSA) is 80.5 Å². The molecular formula is C14H22N4O2. The second-order valence-corrected chi connectivity index (χ2v) is 4.90. The van der Waals surface area contributed by atoms with Crippen LogP contribution in [0.3, 0.4) is 0 Å². The summed E-state index contributed by atoms with van der Waals surface area (Å²) in [5.74, 6) is 0.542. The van der Waals surface area contributed by atoms with Crippen LogP contribution in [0.25, 0.3) is 0 Å². The Labute approximate surface area is 119 Å². The molecule has 1 saturated heterocycles. The number of carbonyl (C=O) groups is 1. The van der Waals surface area contributed by atoms with Crippen molar-refractivity contribution in [2.45, 2.75) is 25.9 Å². The number of amides is 1. The predicted octanol–water partition coefficient (Wildman–Crippen LogP) is 0.391. The zero-order valence-corrected chi connectivity index (χ0v) is 11.8. The van der Waals surface area contributed by atoms with E-state index in [1.165, 1.54) is 0 Å². The van der Waals surface area contributed by atoms with E-state index in [1.54, 1.807) is 6.20 Å². The highest BCUT2D eigenvalue weighted by molar-refractivity contribution is 5.82. The van der Waals surface area contributed by atoms with Gasteiger partial charge in [0.05, 0.1) is 13.2 Å². The Morgan fingerprint density at radius 3 is 3.25 bits per heavy atom. The summed E-state index contributed by atoms with van der Waals surface area (Å²) in [4.78, 5) is 18.3. The summed E-state index contributed by atoms with van der Waals surface area (Å²) >= 11 is 0. The molecule has 1 unspecified atom stereocenters. The number of rotatable bonds is 5. The summed E-state index contributed by atoms with van der Waals surface area (Å²) in [6, 6.07) is 3.55. The Morgan fingerprint density at radius 2 is 2.50 bits per heavy atom. The highest BCUT2D eigenvalue weighted by atomic mass is 16.5. The lowest BCUT2D eigenvalue weighted by Gasteiger charge is -2.34. The van der Waals surface area contributed by atoms with E-state index >= 15 is 0 Å². The smallest absolute Gasteiger partial charge is 0.239 e. The van der Waals surface area contributed by atoms with Crippen molar-refractivity contribution in [3.63, 3.8) is 0 Å². The number of nitrogen functional groups attached to an aromatic ring is 1. The largest absolute Gasteiger partial charge is 0.383 e. The van der Waals surface area contributed by atoms with E-state index in [0.717, 1.165) is 18.5 Å². The van der Waals surface area contributed by atoms with E-state index in [9.17, 15) is 4.79 Å². The fourth-order valence-corrected chi connectivity index (χ4v) is 2.24. The Hall–Kier alpha value is -1.66. The van der Waals surface area contributed by atoms with E-state index in [2.05, 4.69) is 15.2 Å². The van der Waals surface area contributed by atoms with Crippen LogP contribution in [0.4, 0.5) is 5.82 Å². The molecule has 0 radical (unpaired) electrons. The van der Waals surface area contributed by atoms with Crippen LogP contribution in [0.5, 0.6) is 0 Å². The maximum absolute atomic E-state index is 12.2. The summed E-state index contributed by atoms with van der Waals surface area (Å²) in [7, 11) is 0. The number of hydrogen-bond donors (Lipinski definition) is 2. The maximum Gasteiger partial charge on any atom is 0.239 e. The second-order valence-electron chi connectivity index (χ2n) is 4.90. The van der Waals surface area contributed by atoms with Crippen molar-refractivity contribution in [2.75, 3.05) is 32.0 Å². The highest BCUT2D eigenvalue weighted by Crippen LogP contribution is 2.15. The van der Waals surface area contributed by atoms with Gasteiger partial charge in [0, 0.05) is 31.4 Å². The van der Waals surface area contributed by atoms with Crippen LogP contribution in [0, 0.1) is 0 Å². The third-order valence-electron chi connectivity index (χ3n) is 3.39. The maximum atomic E-state index is 12.2. The zero-order valence-electron chi connectivity index (χ0n) is 11.8. The van der Waals surface area contributed by atoms with E-state index in [1.807, 2.05) is 19.1 Å². The van der Waals surface area contributed by atoms with E-state index < -0.39 is 0 Å². The van der Waals surface area contributed by atoms with Crippen LogP contribution in [0.2, 0.25) is 0 Å². The second kappa shape index (κ2) is 7.21. The van der Waals surface area contributed by atoms with Gasteiger partial charge in [0.1, 0.15) is 11.9 Å². The molecule has 2 rings (SSSR count). The van der Waals surface area contributed by atoms with Gasteiger partial charge in [0.2, 0.25) is 5.91 Å². The molecule has 0 saturated carbocycles. The van der Waals surface area contributed by atoms with Crippen LogP contribution in [0.1, 0.15) is 18.9 Å². The predicted molar refractivity (Wildman–Crippen MR) is 77.0 cm³/mol. The molecule has 3 N–H and O–H groups in total. The number of carbonyl (C=O) groups excluding carboxylic acids is 1. The zero-order chi connectivity index (χ0) is 14.4. The third kappa shape index (κ3) is 3.68. The first-order valence-electron chi connectivity index (χ1n) is 7.01. The molecule has 1 aliphatic heterocycles. The van der Waals surface area contributed by atoms with Gasteiger partial charge in [-0.2, -0.15) is 0 Å². The minimum atomic E-state index is -0.255. The Balaban J connectivity index is 2.03. The average Bonchev–Trinajstić information content (AvgIpc) is 2.48. The highest BCUT2D eigenvalue weighted by Gasteiger charge is 2.29. The van der Waals surface area contributed by atoms with Crippen molar-refractivity contribution in [1.29, 1.82) is 0 Å². The summed E-state index contributed by atoms with van der Waals surface area (Å²) in [5, 5.41) is 2.92. The lowest BCUT2D eigenvalue weighted by molar-refractivity contribution is -0.132. The van der Waals surface area contributed by atoms with Crippen LogP contribution < -0.4 is 11.1 Å². The van der Waals surface area contributed by atoms with Crippen molar-refractivity contribution in [2.24, 2.45) is 0 Å². The van der Waals surface area contributed by atoms with Gasteiger partial charge in [-0.25, -0.2) is 4.98 Å². The molecule has 0 aromatic carbocycles. The molecule has 1 aromatic rings. The summed E-state index contributed by atoms with van der Waals surface area (Å²) in [6.45, 7) is 5.13. The molecule has 1 aromatic heterocycles. The van der Waals surface area contributed by atoms with E-state index in [-0.39, 0.29) is 11.9 Å². The van der Waals surface area contributed by atoms with Crippen LogP contribution in [-0.4, -0.2) is 48.1 Å². The number of ether oxygens (including phenoxy) is 1. The van der Waals surface area contributed by atoms with Crippen molar-refractivity contribution >= 4 is 11.7 Å². The molecule has 2 heterocycles. The molecule has 1 amide bonds. The van der Waals surface area contributed by atoms with Gasteiger partial charge in [-0.3, -0.25) is 9.69 Å². The average molecular weight is 278 g/mol. The molecule has 0 aliphatic carbocycles. The number of anilines is 1. The van der Waals surface area contributed by atoms with Gasteiger partial charge in [-0.15, -0.1) is 0 Å². The van der Waals surface area contributed by atoms with Gasteiger partial charge in [-0.1, -0.05) is 13.0 Å². The third-order valence-corrected chi connectivity index (χ3v) is 3.39. The molecule has 110 valence electrons. The van der Waals surface area contributed by atoms with E-state index in [0.29, 0.717) is 32.1 Å². The number of morpholine rings is 1. The number of hydrogen-bond acceptors (Lipinski definition) is 5. The van der Waals surface area contributed by atoms with Gasteiger partial charge < -0.3 is 15.8 Å². The van der Waals surface area contributed by atoms with Crippen molar-refractivity contribution in [3.05, 3.63) is 23.9 Å². The molecule has 1 aliphatic rings. The lowest BCUT2D eigenvalue weighted by Crippen LogP contribution is -2.53. The van der Waals surface area contributed by atoms with Gasteiger partial charge >= 0.3 is 0 Å². The Kier molecular flexibility index (Phi) is 5.31. The number of nitrogens with two attached hydrogens (primary N) is 1. The van der Waals surface area contributed by atoms with Crippen molar-refractivity contribution in [1.82, 2.24) is 15.2 Å².